The van der Waals surface area contributed by atoms with Crippen molar-refractivity contribution >= 4 is 15.7 Å². The molecule has 0 unspecified atom stereocenters. The minimum Gasteiger partial charge on any atom is -0.395 e. The van der Waals surface area contributed by atoms with Crippen molar-refractivity contribution in [2.75, 3.05) is 50.5 Å². The topological polar surface area (TPSA) is 73.7 Å². The van der Waals surface area contributed by atoms with Crippen LogP contribution in [0.1, 0.15) is 6.42 Å². The number of pyridine rings is 1. The Morgan fingerprint density at radius 1 is 1.30 bits per heavy atom. The highest BCUT2D eigenvalue weighted by Crippen LogP contribution is 2.23. The minimum absolute atomic E-state index is 0.151. The van der Waals surface area contributed by atoms with Crippen molar-refractivity contribution in [1.29, 1.82) is 0 Å². The van der Waals surface area contributed by atoms with E-state index in [9.17, 15) is 8.42 Å². The van der Waals surface area contributed by atoms with E-state index in [0.29, 0.717) is 12.4 Å². The molecule has 0 saturated carbocycles. The van der Waals surface area contributed by atoms with E-state index < -0.39 is 9.84 Å². The molecule has 1 N–H and O–H groups in total. The number of nitrogens with zero attached hydrogens (tertiary/aromatic N) is 3. The Balaban J connectivity index is 2.20. The normalized spacial score (nSPS) is 18.0. The van der Waals surface area contributed by atoms with Crippen molar-refractivity contribution in [2.45, 2.75) is 11.3 Å². The van der Waals surface area contributed by atoms with Gasteiger partial charge in [-0.3, -0.25) is 4.90 Å². The van der Waals surface area contributed by atoms with Crippen LogP contribution in [0.4, 0.5) is 5.82 Å². The van der Waals surface area contributed by atoms with Gasteiger partial charge in [0.05, 0.1) is 6.61 Å². The van der Waals surface area contributed by atoms with Gasteiger partial charge in [0.2, 0.25) is 0 Å². The Bertz CT molecular complexity index is 548. The molecule has 1 saturated heterocycles. The number of hydrogen-bond acceptors (Lipinski definition) is 6. The molecule has 7 heteroatoms. The molecule has 0 atom stereocenters. The first-order valence-corrected chi connectivity index (χ1v) is 8.65. The largest absolute Gasteiger partial charge is 0.395 e. The number of aromatic nitrogens is 1. The molecule has 0 aromatic carbocycles. The molecule has 0 aliphatic carbocycles. The zero-order valence-corrected chi connectivity index (χ0v) is 12.5. The summed E-state index contributed by atoms with van der Waals surface area (Å²) < 4.78 is 23.7. The zero-order valence-electron chi connectivity index (χ0n) is 11.7. The SMILES string of the molecule is CS(=O)(=O)c1cccnc1N1CCCN(CCO)CC1. The minimum atomic E-state index is -3.28. The lowest BCUT2D eigenvalue weighted by Gasteiger charge is -2.24. The molecular weight excluding hydrogens is 278 g/mol. The lowest BCUT2D eigenvalue weighted by atomic mass is 10.3. The van der Waals surface area contributed by atoms with Crippen LogP contribution in [0.2, 0.25) is 0 Å². The van der Waals surface area contributed by atoms with Gasteiger partial charge in [-0.25, -0.2) is 13.4 Å². The first kappa shape index (κ1) is 15.2. The molecule has 0 radical (unpaired) electrons. The van der Waals surface area contributed by atoms with Gasteiger partial charge in [0.25, 0.3) is 0 Å². The van der Waals surface area contributed by atoms with E-state index in [1.165, 1.54) is 6.26 Å². The number of aliphatic hydroxyl groups excluding tert-OH is 1. The van der Waals surface area contributed by atoms with Gasteiger partial charge in [-0.2, -0.15) is 0 Å². The van der Waals surface area contributed by atoms with Crippen LogP contribution in [0.25, 0.3) is 0 Å². The fraction of sp³-hybridized carbons (Fsp3) is 0.615. The Morgan fingerprint density at radius 3 is 2.80 bits per heavy atom. The van der Waals surface area contributed by atoms with Gasteiger partial charge in [-0.15, -0.1) is 0 Å². The third-order valence-electron chi connectivity index (χ3n) is 3.45. The van der Waals surface area contributed by atoms with E-state index >= 15 is 0 Å². The Labute approximate surface area is 120 Å². The third kappa shape index (κ3) is 3.68. The molecule has 1 aromatic heterocycles. The molecule has 2 rings (SSSR count). The first-order valence-electron chi connectivity index (χ1n) is 6.75. The number of anilines is 1. The average molecular weight is 299 g/mol. The van der Waals surface area contributed by atoms with E-state index in [1.54, 1.807) is 18.3 Å². The summed E-state index contributed by atoms with van der Waals surface area (Å²) in [5, 5.41) is 9.00. The number of hydrogen-bond donors (Lipinski definition) is 1. The molecule has 0 amide bonds. The van der Waals surface area contributed by atoms with Crippen molar-refractivity contribution in [3.63, 3.8) is 0 Å². The zero-order chi connectivity index (χ0) is 14.6. The van der Waals surface area contributed by atoms with Crippen LogP contribution in [-0.2, 0) is 9.84 Å². The van der Waals surface area contributed by atoms with Crippen LogP contribution in [0.5, 0.6) is 0 Å². The van der Waals surface area contributed by atoms with Crippen LogP contribution in [0, 0.1) is 0 Å². The highest BCUT2D eigenvalue weighted by atomic mass is 32.2. The number of β-amino-alcohol motifs (C(OH)–C–C–N with tert-alkyl or cyclic N) is 1. The second kappa shape index (κ2) is 6.51. The molecular formula is C13H21N3O3S. The van der Waals surface area contributed by atoms with E-state index in [1.807, 2.05) is 4.90 Å². The van der Waals surface area contributed by atoms with Crippen LogP contribution in [0.15, 0.2) is 23.2 Å². The van der Waals surface area contributed by atoms with Crippen LogP contribution >= 0.6 is 0 Å². The summed E-state index contributed by atoms with van der Waals surface area (Å²) in [4.78, 5) is 8.75. The van der Waals surface area contributed by atoms with E-state index in [4.69, 9.17) is 5.11 Å². The fourth-order valence-corrected chi connectivity index (χ4v) is 3.30. The van der Waals surface area contributed by atoms with E-state index in [2.05, 4.69) is 9.88 Å². The number of sulfone groups is 1. The summed E-state index contributed by atoms with van der Waals surface area (Å²) in [6.45, 7) is 4.03. The van der Waals surface area contributed by atoms with Gasteiger partial charge in [0.1, 0.15) is 10.7 Å². The predicted molar refractivity (Wildman–Crippen MR) is 77.7 cm³/mol. The summed E-state index contributed by atoms with van der Waals surface area (Å²) in [6.07, 6.45) is 3.77. The smallest absolute Gasteiger partial charge is 0.179 e. The molecule has 1 aliphatic rings. The van der Waals surface area contributed by atoms with Gasteiger partial charge in [0.15, 0.2) is 9.84 Å². The maximum absolute atomic E-state index is 11.8. The fourth-order valence-electron chi connectivity index (χ4n) is 2.46. The quantitative estimate of drug-likeness (QED) is 0.843. The molecule has 6 nitrogen and oxygen atoms in total. The molecule has 112 valence electrons. The molecule has 1 fully saturated rings. The Kier molecular flexibility index (Phi) is 4.95. The average Bonchev–Trinajstić information content (AvgIpc) is 2.64. The van der Waals surface area contributed by atoms with Crippen molar-refractivity contribution in [1.82, 2.24) is 9.88 Å². The lowest BCUT2D eigenvalue weighted by Crippen LogP contribution is -2.33. The van der Waals surface area contributed by atoms with E-state index in [-0.39, 0.29) is 11.5 Å². The maximum Gasteiger partial charge on any atom is 0.179 e. The second-order valence-corrected chi connectivity index (χ2v) is 6.99. The number of rotatable bonds is 4. The Hall–Kier alpha value is -1.18. The van der Waals surface area contributed by atoms with E-state index in [0.717, 1.165) is 32.6 Å². The third-order valence-corrected chi connectivity index (χ3v) is 4.57. The maximum atomic E-state index is 11.8. The van der Waals surface area contributed by atoms with Gasteiger partial charge < -0.3 is 10.0 Å². The summed E-state index contributed by atoms with van der Waals surface area (Å²) in [7, 11) is -3.28. The predicted octanol–water partition coefficient (Wildman–Crippen LogP) is -0.0105. The van der Waals surface area contributed by atoms with Gasteiger partial charge in [-0.05, 0) is 25.1 Å². The molecule has 0 bridgehead atoms. The summed E-state index contributed by atoms with van der Waals surface area (Å²) in [5.74, 6) is 0.542. The van der Waals surface area contributed by atoms with Gasteiger partial charge >= 0.3 is 0 Å². The van der Waals surface area contributed by atoms with Crippen LogP contribution < -0.4 is 4.90 Å². The Morgan fingerprint density at radius 2 is 2.10 bits per heavy atom. The second-order valence-electron chi connectivity index (χ2n) is 5.00. The monoisotopic (exact) mass is 299 g/mol. The summed E-state index contributed by atoms with van der Waals surface area (Å²) in [6, 6.07) is 3.25. The molecule has 0 spiro atoms. The molecule has 20 heavy (non-hydrogen) atoms. The molecule has 1 aromatic rings. The lowest BCUT2D eigenvalue weighted by molar-refractivity contribution is 0.204. The highest BCUT2D eigenvalue weighted by Gasteiger charge is 2.21. The van der Waals surface area contributed by atoms with Crippen molar-refractivity contribution in [2.24, 2.45) is 0 Å². The first-order chi connectivity index (χ1) is 9.52. The van der Waals surface area contributed by atoms with Crippen molar-refractivity contribution < 1.29 is 13.5 Å². The summed E-state index contributed by atoms with van der Waals surface area (Å²) in [5.41, 5.74) is 0. The highest BCUT2D eigenvalue weighted by molar-refractivity contribution is 7.90. The molecule has 2 heterocycles. The van der Waals surface area contributed by atoms with Crippen LogP contribution in [-0.4, -0.2) is 69.0 Å². The van der Waals surface area contributed by atoms with Gasteiger partial charge in [-0.1, -0.05) is 0 Å². The van der Waals surface area contributed by atoms with Crippen molar-refractivity contribution in [3.8, 4) is 0 Å². The standard InChI is InChI=1S/C13H21N3O3S/c1-20(18,19)12-4-2-5-14-13(12)16-7-3-6-15(8-9-16)10-11-17/h2,4-5,17H,3,6-11H2,1H3. The number of aliphatic hydroxyl groups is 1. The van der Waals surface area contributed by atoms with Crippen LogP contribution in [0.3, 0.4) is 0 Å². The van der Waals surface area contributed by atoms with Crippen molar-refractivity contribution in [3.05, 3.63) is 18.3 Å². The van der Waals surface area contributed by atoms with Gasteiger partial charge in [0, 0.05) is 38.6 Å². The molecule has 1 aliphatic heterocycles. The summed E-state index contributed by atoms with van der Waals surface area (Å²) >= 11 is 0.